The van der Waals surface area contributed by atoms with Crippen molar-refractivity contribution in [2.24, 2.45) is 5.92 Å². The van der Waals surface area contributed by atoms with E-state index in [9.17, 15) is 14.4 Å². The van der Waals surface area contributed by atoms with E-state index < -0.39 is 12.1 Å². The van der Waals surface area contributed by atoms with Crippen molar-refractivity contribution in [2.75, 3.05) is 33.3 Å². The molecule has 57 heavy (non-hydrogen) atoms. The van der Waals surface area contributed by atoms with Gasteiger partial charge in [-0.25, -0.2) is 14.8 Å². The number of hydrogen-bond donors (Lipinski definition) is 3. The van der Waals surface area contributed by atoms with Gasteiger partial charge in [0.2, 0.25) is 11.8 Å². The van der Waals surface area contributed by atoms with Gasteiger partial charge in [-0.15, -0.1) is 0 Å². The predicted octanol–water partition coefficient (Wildman–Crippen LogP) is 7.68. The molecule has 3 aromatic carbocycles. The zero-order valence-electron chi connectivity index (χ0n) is 33.0. The molecule has 2 aliphatic heterocycles. The van der Waals surface area contributed by atoms with Crippen LogP contribution < -0.4 is 5.32 Å². The molecule has 0 spiro atoms. The lowest BCUT2D eigenvalue weighted by atomic mass is 10.0. The molecule has 4 atom stereocenters. The number of H-pyrrole nitrogens is 2. The van der Waals surface area contributed by atoms with Crippen LogP contribution >= 0.6 is 0 Å². The Morgan fingerprint density at radius 2 is 1.21 bits per heavy atom. The molecule has 3 amide bonds. The van der Waals surface area contributed by atoms with Gasteiger partial charge in [0.25, 0.3) is 0 Å². The third-order valence-electron chi connectivity index (χ3n) is 12.0. The summed E-state index contributed by atoms with van der Waals surface area (Å²) < 4.78 is 4.79. The zero-order chi connectivity index (χ0) is 39.5. The number of rotatable bonds is 13. The molecule has 3 aliphatic rings. The van der Waals surface area contributed by atoms with Crippen molar-refractivity contribution in [3.8, 4) is 33.6 Å². The van der Waals surface area contributed by atoms with Crippen LogP contribution in [-0.2, 0) is 14.3 Å². The number of ether oxygens (including phenoxy) is 1. The van der Waals surface area contributed by atoms with Gasteiger partial charge >= 0.3 is 6.09 Å². The van der Waals surface area contributed by atoms with Crippen molar-refractivity contribution in [3.63, 3.8) is 0 Å². The summed E-state index contributed by atoms with van der Waals surface area (Å²) in [6.45, 7) is 7.16. The number of aromatic nitrogens is 4. The number of amides is 3. The van der Waals surface area contributed by atoms with Gasteiger partial charge in [0.1, 0.15) is 23.7 Å². The van der Waals surface area contributed by atoms with Gasteiger partial charge in [-0.2, -0.15) is 0 Å². The largest absolute Gasteiger partial charge is 0.453 e. The Labute approximate surface area is 334 Å². The summed E-state index contributed by atoms with van der Waals surface area (Å²) in [5.41, 5.74) is 7.06. The normalized spacial score (nSPS) is 19.2. The number of nitrogens with one attached hydrogen (secondary N) is 3. The molecule has 1 saturated carbocycles. The van der Waals surface area contributed by atoms with Crippen LogP contribution in [-0.4, -0.2) is 91.9 Å². The number of hydrogen-bond acceptors (Lipinski definition) is 7. The fourth-order valence-electron chi connectivity index (χ4n) is 8.69. The Hall–Kier alpha value is -5.75. The van der Waals surface area contributed by atoms with E-state index in [2.05, 4.69) is 94.7 Å². The molecular weight excluding hydrogens is 717 g/mol. The van der Waals surface area contributed by atoms with Crippen molar-refractivity contribution >= 4 is 17.9 Å². The first kappa shape index (κ1) is 38.1. The first-order valence-corrected chi connectivity index (χ1v) is 20.4. The topological polar surface area (TPSA) is 140 Å². The molecular formula is C45H52N8O4. The van der Waals surface area contributed by atoms with Crippen LogP contribution in [0.3, 0.4) is 0 Å². The fourth-order valence-corrected chi connectivity index (χ4v) is 8.69. The summed E-state index contributed by atoms with van der Waals surface area (Å²) in [6, 6.07) is 25.8. The maximum Gasteiger partial charge on any atom is 0.407 e. The average molecular weight is 769 g/mol. The molecule has 5 aromatic rings. The van der Waals surface area contributed by atoms with Crippen LogP contribution in [0.2, 0.25) is 0 Å². The van der Waals surface area contributed by atoms with E-state index in [1.807, 2.05) is 40.4 Å². The molecule has 12 nitrogen and oxygen atoms in total. The lowest BCUT2D eigenvalue weighted by molar-refractivity contribution is -0.138. The molecule has 296 valence electrons. The minimum absolute atomic E-state index is 0.0673. The lowest BCUT2D eigenvalue weighted by Crippen LogP contribution is -2.49. The van der Waals surface area contributed by atoms with Gasteiger partial charge < -0.3 is 29.8 Å². The van der Waals surface area contributed by atoms with Crippen LogP contribution in [0, 0.1) is 5.92 Å². The highest BCUT2D eigenvalue weighted by Crippen LogP contribution is 2.39. The molecule has 3 fully saturated rings. The molecule has 1 aliphatic carbocycles. The smallest absolute Gasteiger partial charge is 0.407 e. The standard InChI is InChI=1S/C45H52N8O4/c1-4-51(5-2)40(34-11-7-6-8-12-34)44(55)53-26-10-14-38(53)42-47-28-36(49-42)32-21-17-30(18-22-32)29-15-19-31(20-16-29)35-27-46-41(48-35)37-13-9-25-52(37)43(54)39(33-23-24-33)50-45(56)57-3/h6-8,11-12,15-22,27-28,33,37-40H,4-5,9-10,13-14,23-26H2,1-3H3,(H,46,48)(H,47,49)(H,50,56)/t37-,38-,39+,40+/m0/s1. The summed E-state index contributed by atoms with van der Waals surface area (Å²) in [5.74, 6) is 1.81. The van der Waals surface area contributed by atoms with Crippen molar-refractivity contribution in [3.05, 3.63) is 108 Å². The first-order valence-electron chi connectivity index (χ1n) is 20.4. The Kier molecular flexibility index (Phi) is 11.2. The Morgan fingerprint density at radius 3 is 1.68 bits per heavy atom. The van der Waals surface area contributed by atoms with Crippen LogP contribution in [0.25, 0.3) is 33.6 Å². The predicted molar refractivity (Wildman–Crippen MR) is 219 cm³/mol. The summed E-state index contributed by atoms with van der Waals surface area (Å²) in [4.78, 5) is 62.5. The maximum absolute atomic E-state index is 14.2. The van der Waals surface area contributed by atoms with E-state index in [-0.39, 0.29) is 35.9 Å². The highest BCUT2D eigenvalue weighted by atomic mass is 16.5. The van der Waals surface area contributed by atoms with E-state index in [1.54, 1.807) is 0 Å². The lowest BCUT2D eigenvalue weighted by Gasteiger charge is -2.34. The minimum atomic E-state index is -0.576. The Morgan fingerprint density at radius 1 is 0.719 bits per heavy atom. The van der Waals surface area contributed by atoms with E-state index in [1.165, 1.54) is 7.11 Å². The summed E-state index contributed by atoms with van der Waals surface area (Å²) in [5, 5.41) is 2.77. The number of imidazole rings is 2. The number of alkyl carbamates (subject to hydrolysis) is 1. The number of carbonyl (C=O) groups is 3. The van der Waals surface area contributed by atoms with Crippen molar-refractivity contribution in [1.82, 2.24) is 40.0 Å². The first-order chi connectivity index (χ1) is 27.9. The van der Waals surface area contributed by atoms with E-state index in [4.69, 9.17) is 14.7 Å². The Bertz CT molecular complexity index is 2160. The third kappa shape index (κ3) is 7.96. The fraction of sp³-hybridized carbons (Fsp3) is 0.400. The van der Waals surface area contributed by atoms with Crippen molar-refractivity contribution < 1.29 is 19.1 Å². The van der Waals surface area contributed by atoms with Crippen molar-refractivity contribution in [2.45, 2.75) is 76.5 Å². The van der Waals surface area contributed by atoms with Gasteiger partial charge in [0.05, 0.1) is 43.0 Å². The minimum Gasteiger partial charge on any atom is -0.453 e. The van der Waals surface area contributed by atoms with Crippen LogP contribution in [0.5, 0.6) is 0 Å². The second-order valence-corrected chi connectivity index (χ2v) is 15.4. The van der Waals surface area contributed by atoms with Crippen LogP contribution in [0.4, 0.5) is 4.79 Å². The van der Waals surface area contributed by atoms with E-state index >= 15 is 0 Å². The second-order valence-electron chi connectivity index (χ2n) is 15.4. The van der Waals surface area contributed by atoms with Crippen LogP contribution in [0.1, 0.15) is 87.7 Å². The van der Waals surface area contributed by atoms with Gasteiger partial charge in [0, 0.05) is 13.1 Å². The summed E-state index contributed by atoms with van der Waals surface area (Å²) in [6.07, 6.45) is 8.49. The molecule has 8 rings (SSSR count). The zero-order valence-corrected chi connectivity index (χ0v) is 33.0. The highest BCUT2D eigenvalue weighted by molar-refractivity contribution is 5.87. The molecule has 2 aromatic heterocycles. The highest BCUT2D eigenvalue weighted by Gasteiger charge is 2.43. The number of carbonyl (C=O) groups excluding carboxylic acids is 3. The van der Waals surface area contributed by atoms with E-state index in [0.717, 1.165) is 109 Å². The van der Waals surface area contributed by atoms with Gasteiger partial charge in [-0.3, -0.25) is 14.5 Å². The number of nitrogens with zero attached hydrogens (tertiary/aromatic N) is 5. The number of methoxy groups -OCH3 is 1. The number of likely N-dealkylation sites (tertiary alicyclic amines) is 2. The monoisotopic (exact) mass is 768 g/mol. The summed E-state index contributed by atoms with van der Waals surface area (Å²) >= 11 is 0. The average Bonchev–Trinajstić information content (AvgIpc) is 3.73. The van der Waals surface area contributed by atoms with Gasteiger partial charge in [-0.1, -0.05) is 92.7 Å². The molecule has 2 saturated heterocycles. The molecule has 4 heterocycles. The molecule has 0 bridgehead atoms. The number of aromatic amines is 2. The third-order valence-corrected chi connectivity index (χ3v) is 12.0. The van der Waals surface area contributed by atoms with E-state index in [0.29, 0.717) is 6.54 Å². The number of likely N-dealkylation sites (N-methyl/N-ethyl adjacent to an activating group) is 1. The molecule has 0 unspecified atom stereocenters. The van der Waals surface area contributed by atoms with Gasteiger partial charge in [-0.05, 0) is 85.3 Å². The molecule has 0 radical (unpaired) electrons. The van der Waals surface area contributed by atoms with Crippen LogP contribution in [0.15, 0.2) is 91.3 Å². The SMILES string of the molecule is CCN(CC)[C@@H](C(=O)N1CCC[C@H]1c1ncc(-c2ccc(-c3ccc(-c4cnc([C@@H]5CCCN5C(=O)[C@H](NC(=O)OC)C5CC5)[nH]4)cc3)cc2)[nH]1)c1ccccc1. The van der Waals surface area contributed by atoms with Gasteiger partial charge in [0.15, 0.2) is 0 Å². The quantitative estimate of drug-likeness (QED) is 0.112. The second kappa shape index (κ2) is 16.8. The Balaban J connectivity index is 0.925. The molecule has 3 N–H and O–H groups in total. The molecule has 12 heteroatoms. The number of benzene rings is 3. The maximum atomic E-state index is 14.2. The summed E-state index contributed by atoms with van der Waals surface area (Å²) in [7, 11) is 1.32. The van der Waals surface area contributed by atoms with Crippen molar-refractivity contribution in [1.29, 1.82) is 0 Å².